The first-order valence-electron chi connectivity index (χ1n) is 8.13. The summed E-state index contributed by atoms with van der Waals surface area (Å²) in [6.07, 6.45) is 3.53. The normalized spacial score (nSPS) is 15.7. The molecule has 1 saturated heterocycles. The van der Waals surface area contributed by atoms with E-state index in [2.05, 4.69) is 39.8 Å². The van der Waals surface area contributed by atoms with Gasteiger partial charge in [-0.2, -0.15) is 0 Å². The van der Waals surface area contributed by atoms with Gasteiger partial charge in [-0.3, -0.25) is 0 Å². The number of nitrogens with one attached hydrogen (secondary N) is 2. The minimum atomic E-state index is -0.465. The zero-order chi connectivity index (χ0) is 16.7. The smallest absolute Gasteiger partial charge is 0.407 e. The Bertz CT molecular complexity index is 526. The molecule has 1 aliphatic rings. The topological polar surface area (TPSA) is 53.6 Å². The molecular formula is C18H27N3O2. The Morgan fingerprint density at radius 1 is 1.26 bits per heavy atom. The van der Waals surface area contributed by atoms with Crippen LogP contribution < -0.4 is 15.5 Å². The number of hydrogen-bond acceptors (Lipinski definition) is 4. The van der Waals surface area contributed by atoms with E-state index in [9.17, 15) is 4.79 Å². The maximum absolute atomic E-state index is 11.5. The van der Waals surface area contributed by atoms with Crippen molar-refractivity contribution in [2.24, 2.45) is 0 Å². The summed E-state index contributed by atoms with van der Waals surface area (Å²) < 4.78 is 5.18. The number of rotatable bonds is 4. The Labute approximate surface area is 138 Å². The molecular weight excluding hydrogens is 290 g/mol. The molecule has 23 heavy (non-hydrogen) atoms. The van der Waals surface area contributed by atoms with Gasteiger partial charge >= 0.3 is 6.09 Å². The molecule has 2 rings (SSSR count). The van der Waals surface area contributed by atoms with Crippen LogP contribution in [0, 0.1) is 0 Å². The van der Waals surface area contributed by atoms with E-state index in [0.717, 1.165) is 31.7 Å². The Kier molecular flexibility index (Phi) is 6.04. The summed E-state index contributed by atoms with van der Waals surface area (Å²) in [5, 5.41) is 6.07. The summed E-state index contributed by atoms with van der Waals surface area (Å²) in [7, 11) is 0. The standard InChI is InChI=1S/C18H27N3O2/c1-18(2,3)23-17(22)20-10-4-5-15-6-8-16(9-7-15)21-13-11-19-12-14-21/h4-9,19H,10-14H2,1-3H3,(H,20,22). The number of nitrogens with zero attached hydrogens (tertiary/aromatic N) is 1. The van der Waals surface area contributed by atoms with Crippen LogP contribution in [0.1, 0.15) is 26.3 Å². The highest BCUT2D eigenvalue weighted by atomic mass is 16.6. The lowest BCUT2D eigenvalue weighted by molar-refractivity contribution is 0.0534. The summed E-state index contributed by atoms with van der Waals surface area (Å²) in [5.41, 5.74) is 1.92. The van der Waals surface area contributed by atoms with Gasteiger partial charge in [-0.05, 0) is 38.5 Å². The zero-order valence-electron chi connectivity index (χ0n) is 14.3. The van der Waals surface area contributed by atoms with E-state index in [1.54, 1.807) is 0 Å². The first-order chi connectivity index (χ1) is 10.9. The molecule has 1 fully saturated rings. The summed E-state index contributed by atoms with van der Waals surface area (Å²) >= 11 is 0. The maximum atomic E-state index is 11.5. The molecule has 1 aromatic carbocycles. The first kappa shape index (κ1) is 17.3. The van der Waals surface area contributed by atoms with Gasteiger partial charge in [-0.1, -0.05) is 24.3 Å². The monoisotopic (exact) mass is 317 g/mol. The Morgan fingerprint density at radius 3 is 2.52 bits per heavy atom. The predicted octanol–water partition coefficient (Wildman–Crippen LogP) is 2.63. The van der Waals surface area contributed by atoms with Crippen molar-refractivity contribution < 1.29 is 9.53 Å². The highest BCUT2D eigenvalue weighted by Crippen LogP contribution is 2.16. The summed E-state index contributed by atoms with van der Waals surface area (Å²) in [4.78, 5) is 13.9. The predicted molar refractivity (Wildman–Crippen MR) is 94.8 cm³/mol. The second kappa shape index (κ2) is 8.02. The van der Waals surface area contributed by atoms with E-state index in [1.165, 1.54) is 5.69 Å². The average Bonchev–Trinajstić information content (AvgIpc) is 2.51. The second-order valence-electron chi connectivity index (χ2n) is 6.61. The molecule has 5 heteroatoms. The molecule has 126 valence electrons. The maximum Gasteiger partial charge on any atom is 0.407 e. The van der Waals surface area contributed by atoms with Gasteiger partial charge in [0.15, 0.2) is 0 Å². The Balaban J connectivity index is 1.78. The fraction of sp³-hybridized carbons (Fsp3) is 0.500. The largest absolute Gasteiger partial charge is 0.444 e. The van der Waals surface area contributed by atoms with Crippen molar-refractivity contribution in [1.29, 1.82) is 0 Å². The molecule has 1 aromatic rings. The highest BCUT2D eigenvalue weighted by molar-refractivity contribution is 5.68. The number of carbonyl (C=O) groups excluding carboxylic acids is 1. The number of hydrogen-bond donors (Lipinski definition) is 2. The molecule has 0 saturated carbocycles. The van der Waals surface area contributed by atoms with Crippen LogP contribution >= 0.6 is 0 Å². The van der Waals surface area contributed by atoms with Gasteiger partial charge in [0.05, 0.1) is 0 Å². The molecule has 5 nitrogen and oxygen atoms in total. The molecule has 0 spiro atoms. The van der Waals surface area contributed by atoms with Crippen molar-refractivity contribution in [3.05, 3.63) is 35.9 Å². The van der Waals surface area contributed by atoms with Crippen LogP contribution in [0.5, 0.6) is 0 Å². The van der Waals surface area contributed by atoms with Crippen LogP contribution in [0.25, 0.3) is 6.08 Å². The van der Waals surface area contributed by atoms with Crippen molar-refractivity contribution in [1.82, 2.24) is 10.6 Å². The number of carbonyl (C=O) groups is 1. The van der Waals surface area contributed by atoms with Crippen molar-refractivity contribution >= 4 is 17.9 Å². The molecule has 0 bridgehead atoms. The third kappa shape index (κ3) is 6.32. The van der Waals surface area contributed by atoms with E-state index >= 15 is 0 Å². The number of anilines is 1. The second-order valence-corrected chi connectivity index (χ2v) is 6.61. The van der Waals surface area contributed by atoms with E-state index in [0.29, 0.717) is 6.54 Å². The van der Waals surface area contributed by atoms with Gasteiger partial charge in [-0.15, -0.1) is 0 Å². The van der Waals surface area contributed by atoms with Crippen molar-refractivity contribution in [3.8, 4) is 0 Å². The van der Waals surface area contributed by atoms with Crippen molar-refractivity contribution in [2.75, 3.05) is 37.6 Å². The summed E-state index contributed by atoms with van der Waals surface area (Å²) in [6, 6.07) is 8.49. The quantitative estimate of drug-likeness (QED) is 0.896. The SMILES string of the molecule is CC(C)(C)OC(=O)NCC=Cc1ccc(N2CCNCC2)cc1. The Hall–Kier alpha value is -2.01. The Morgan fingerprint density at radius 2 is 1.91 bits per heavy atom. The number of benzene rings is 1. The zero-order valence-corrected chi connectivity index (χ0v) is 14.3. The molecule has 2 N–H and O–H groups in total. The van der Waals surface area contributed by atoms with Crippen LogP contribution in [-0.2, 0) is 4.74 Å². The van der Waals surface area contributed by atoms with Gasteiger partial charge in [0.2, 0.25) is 0 Å². The minimum Gasteiger partial charge on any atom is -0.444 e. The van der Waals surface area contributed by atoms with Crippen molar-refractivity contribution in [2.45, 2.75) is 26.4 Å². The number of piperazine rings is 1. The third-order valence-electron chi connectivity index (χ3n) is 3.45. The van der Waals surface area contributed by atoms with Crippen LogP contribution in [0.2, 0.25) is 0 Å². The van der Waals surface area contributed by atoms with Gasteiger partial charge in [0, 0.05) is 38.4 Å². The lowest BCUT2D eigenvalue weighted by atomic mass is 10.1. The van der Waals surface area contributed by atoms with Crippen LogP contribution in [0.4, 0.5) is 10.5 Å². The highest BCUT2D eigenvalue weighted by Gasteiger charge is 2.15. The van der Waals surface area contributed by atoms with E-state index < -0.39 is 11.7 Å². The molecule has 1 amide bonds. The first-order valence-corrected chi connectivity index (χ1v) is 8.13. The van der Waals surface area contributed by atoms with Gasteiger partial charge in [-0.25, -0.2) is 4.79 Å². The number of amides is 1. The van der Waals surface area contributed by atoms with Gasteiger partial charge in [0.25, 0.3) is 0 Å². The molecule has 0 aromatic heterocycles. The lowest BCUT2D eigenvalue weighted by Crippen LogP contribution is -2.43. The van der Waals surface area contributed by atoms with Crippen LogP contribution in [0.15, 0.2) is 30.3 Å². The number of ether oxygens (including phenoxy) is 1. The fourth-order valence-corrected chi connectivity index (χ4v) is 2.37. The molecule has 1 aliphatic heterocycles. The molecule has 0 atom stereocenters. The molecule has 1 heterocycles. The molecule has 0 unspecified atom stereocenters. The van der Waals surface area contributed by atoms with Crippen molar-refractivity contribution in [3.63, 3.8) is 0 Å². The van der Waals surface area contributed by atoms with Gasteiger partial charge < -0.3 is 20.3 Å². The van der Waals surface area contributed by atoms with Crippen LogP contribution in [0.3, 0.4) is 0 Å². The van der Waals surface area contributed by atoms with E-state index in [-0.39, 0.29) is 0 Å². The lowest BCUT2D eigenvalue weighted by Gasteiger charge is -2.29. The minimum absolute atomic E-state index is 0.392. The number of alkyl carbamates (subject to hydrolysis) is 1. The summed E-state index contributed by atoms with van der Waals surface area (Å²) in [5.74, 6) is 0. The summed E-state index contributed by atoms with van der Waals surface area (Å²) in [6.45, 7) is 10.2. The van der Waals surface area contributed by atoms with Crippen LogP contribution in [-0.4, -0.2) is 44.4 Å². The average molecular weight is 317 g/mol. The van der Waals surface area contributed by atoms with Gasteiger partial charge in [0.1, 0.15) is 5.60 Å². The third-order valence-corrected chi connectivity index (χ3v) is 3.45. The van der Waals surface area contributed by atoms with E-state index in [4.69, 9.17) is 4.74 Å². The fourth-order valence-electron chi connectivity index (χ4n) is 2.37. The molecule has 0 aliphatic carbocycles. The molecule has 0 radical (unpaired) electrons. The van der Waals surface area contributed by atoms with E-state index in [1.807, 2.05) is 32.9 Å².